The fraction of sp³-hybridized carbons (Fsp3) is 0.444. The van der Waals surface area contributed by atoms with Crippen molar-refractivity contribution < 1.29 is 31.2 Å². The minimum absolute atomic E-state index is 0.0561. The zero-order chi connectivity index (χ0) is 28.4. The van der Waals surface area contributed by atoms with Crippen molar-refractivity contribution in [1.82, 2.24) is 4.90 Å². The molecule has 2 heterocycles. The fourth-order valence-electron chi connectivity index (χ4n) is 6.88. The Kier molecular flexibility index (Phi) is 6.41. The molecule has 13 heteroatoms. The van der Waals surface area contributed by atoms with Gasteiger partial charge in [0.2, 0.25) is 15.9 Å². The minimum atomic E-state index is -4.34. The zero-order valence-electron chi connectivity index (χ0n) is 22.0. The maximum absolute atomic E-state index is 14.1. The number of hydrogen-bond donors (Lipinski definition) is 2. The van der Waals surface area contributed by atoms with E-state index in [0.29, 0.717) is 5.75 Å². The zero-order valence-corrected chi connectivity index (χ0v) is 23.7. The summed E-state index contributed by atoms with van der Waals surface area (Å²) in [5, 5.41) is 2.92. The Morgan fingerprint density at radius 3 is 2.50 bits per heavy atom. The molecule has 2 aromatic carbocycles. The van der Waals surface area contributed by atoms with Crippen LogP contribution in [-0.2, 0) is 36.2 Å². The smallest absolute Gasteiger partial charge is 0.286 e. The first-order chi connectivity index (χ1) is 18.9. The minimum Gasteiger partial charge on any atom is -0.497 e. The molecule has 3 aliphatic carbocycles. The molecule has 1 amide bonds. The van der Waals surface area contributed by atoms with E-state index in [1.165, 1.54) is 12.1 Å². The van der Waals surface area contributed by atoms with E-state index in [4.69, 9.17) is 4.74 Å². The molecular formula is C27H30N4O7S2. The number of nitrogens with one attached hydrogen (secondary N) is 2. The molecule has 0 aromatic heterocycles. The van der Waals surface area contributed by atoms with Crippen LogP contribution in [0.4, 0.5) is 11.4 Å². The van der Waals surface area contributed by atoms with Crippen LogP contribution >= 0.6 is 0 Å². The highest BCUT2D eigenvalue weighted by Gasteiger charge is 2.58. The maximum Gasteiger partial charge on any atom is 0.286 e. The second-order valence-corrected chi connectivity index (χ2v) is 14.3. The predicted molar refractivity (Wildman–Crippen MR) is 148 cm³/mol. The molecule has 212 valence electrons. The maximum atomic E-state index is 14.1. The molecule has 40 heavy (non-hydrogen) atoms. The fourth-order valence-corrected chi connectivity index (χ4v) is 8.61. The molecule has 4 fully saturated rings. The Morgan fingerprint density at radius 1 is 1.07 bits per heavy atom. The third-order valence-corrected chi connectivity index (χ3v) is 10.4. The summed E-state index contributed by atoms with van der Waals surface area (Å²) >= 11 is 0. The van der Waals surface area contributed by atoms with Crippen LogP contribution in [-0.4, -0.2) is 58.7 Å². The van der Waals surface area contributed by atoms with Gasteiger partial charge >= 0.3 is 0 Å². The van der Waals surface area contributed by atoms with Crippen molar-refractivity contribution in [1.29, 1.82) is 0 Å². The molecule has 0 radical (unpaired) electrons. The molecule has 1 unspecified atom stereocenters. The van der Waals surface area contributed by atoms with Crippen molar-refractivity contribution in [3.63, 3.8) is 0 Å². The number of sulfonamides is 2. The van der Waals surface area contributed by atoms with Crippen LogP contribution in [0.1, 0.15) is 31.2 Å². The number of rotatable bonds is 6. The van der Waals surface area contributed by atoms with E-state index >= 15 is 0 Å². The number of anilines is 2. The number of nitrogens with zero attached hydrogens (tertiary/aromatic N) is 2. The average Bonchev–Trinajstić information content (AvgIpc) is 2.91. The molecule has 1 saturated heterocycles. The van der Waals surface area contributed by atoms with Gasteiger partial charge in [0, 0.05) is 24.2 Å². The van der Waals surface area contributed by atoms with Gasteiger partial charge in [0.15, 0.2) is 11.7 Å². The van der Waals surface area contributed by atoms with Gasteiger partial charge in [-0.25, -0.2) is 8.42 Å². The van der Waals surface area contributed by atoms with Crippen LogP contribution in [0.5, 0.6) is 5.75 Å². The molecule has 2 aromatic rings. The molecule has 11 nitrogen and oxygen atoms in total. The highest BCUT2D eigenvalue weighted by molar-refractivity contribution is 7.92. The molecule has 5 aliphatic rings. The molecule has 3 saturated carbocycles. The molecule has 2 aliphatic heterocycles. The second kappa shape index (κ2) is 9.58. The van der Waals surface area contributed by atoms with Gasteiger partial charge in [-0.05, 0) is 73.4 Å². The van der Waals surface area contributed by atoms with Crippen molar-refractivity contribution in [2.75, 3.05) is 23.4 Å². The van der Waals surface area contributed by atoms with Gasteiger partial charge in [-0.15, -0.1) is 4.40 Å². The normalized spacial score (nSPS) is 28.7. The lowest BCUT2D eigenvalue weighted by Crippen LogP contribution is -2.66. The van der Waals surface area contributed by atoms with Gasteiger partial charge < -0.3 is 15.0 Å². The SMILES string of the molecule is COc1cccc(CN2C(=O)C(C3=NS(=O)(=O)c4cc(NS(C)(=O)=O)ccc4N3)C(=O)[C@@H]3C4CCC(CC4)[C@@H]32)c1. The van der Waals surface area contributed by atoms with Crippen LogP contribution in [0.3, 0.4) is 0 Å². The van der Waals surface area contributed by atoms with Gasteiger partial charge in [0.25, 0.3) is 10.0 Å². The van der Waals surface area contributed by atoms with Crippen LogP contribution in [0.2, 0.25) is 0 Å². The summed E-state index contributed by atoms with van der Waals surface area (Å²) < 4.78 is 61.3. The number of likely N-dealkylation sites (tertiary alicyclic amines) is 1. The summed E-state index contributed by atoms with van der Waals surface area (Å²) in [5.74, 6) is -1.76. The Bertz CT molecular complexity index is 1650. The summed E-state index contributed by atoms with van der Waals surface area (Å²) in [4.78, 5) is 29.7. The summed E-state index contributed by atoms with van der Waals surface area (Å²) in [6, 6.07) is 11.1. The van der Waals surface area contributed by atoms with E-state index in [1.54, 1.807) is 12.0 Å². The highest BCUT2D eigenvalue weighted by Crippen LogP contribution is 2.51. The summed E-state index contributed by atoms with van der Waals surface area (Å²) in [6.07, 6.45) is 4.68. The van der Waals surface area contributed by atoms with E-state index in [0.717, 1.165) is 43.6 Å². The van der Waals surface area contributed by atoms with E-state index in [-0.39, 0.29) is 52.3 Å². The number of carbonyl (C=O) groups excluding carboxylic acids is 2. The van der Waals surface area contributed by atoms with Crippen LogP contribution in [0, 0.1) is 23.7 Å². The van der Waals surface area contributed by atoms with Gasteiger partial charge in [-0.1, -0.05) is 12.1 Å². The molecular weight excluding hydrogens is 556 g/mol. The Hall–Kier alpha value is -3.45. The number of ether oxygens (including phenoxy) is 1. The third-order valence-electron chi connectivity index (χ3n) is 8.48. The third kappa shape index (κ3) is 4.64. The van der Waals surface area contributed by atoms with Crippen LogP contribution < -0.4 is 14.8 Å². The first-order valence-corrected chi connectivity index (χ1v) is 16.5. The van der Waals surface area contributed by atoms with E-state index in [1.807, 2.05) is 24.3 Å². The predicted octanol–water partition coefficient (Wildman–Crippen LogP) is 2.61. The van der Waals surface area contributed by atoms with E-state index in [9.17, 15) is 26.4 Å². The Balaban J connectivity index is 1.38. The standard InChI is InChI=1S/C27H30N4O7S2/c1-38-19-5-3-4-15(12-19)14-31-24-17-8-6-16(7-9-17)22(24)25(32)23(27(31)33)26-28-20-11-10-18(29-39(2,34)35)13-21(20)40(36,37)30-26/h3-5,10-13,16-17,22-24,29H,6-9,14H2,1-2H3,(H,28,30)/t16?,17?,22-,23?,24+/m1/s1. The number of fused-ring (bicyclic) bond motifs is 3. The molecule has 0 spiro atoms. The number of Topliss-reactive ketones (excluding diaryl/α,β-unsaturated/α-hetero) is 1. The lowest BCUT2D eigenvalue weighted by Gasteiger charge is -2.55. The van der Waals surface area contributed by atoms with Gasteiger partial charge in [0.1, 0.15) is 16.5 Å². The quantitative estimate of drug-likeness (QED) is 0.490. The summed E-state index contributed by atoms with van der Waals surface area (Å²) in [5.41, 5.74) is 1.03. The number of carbonyl (C=O) groups is 2. The molecule has 2 bridgehead atoms. The average molecular weight is 587 g/mol. The van der Waals surface area contributed by atoms with Gasteiger partial charge in [-0.2, -0.15) is 8.42 Å². The van der Waals surface area contributed by atoms with Crippen molar-refractivity contribution in [2.45, 2.75) is 43.2 Å². The second-order valence-electron chi connectivity index (χ2n) is 11.0. The molecule has 2 N–H and O–H groups in total. The lowest BCUT2D eigenvalue weighted by atomic mass is 9.57. The number of amidine groups is 1. The van der Waals surface area contributed by atoms with Crippen molar-refractivity contribution in [2.24, 2.45) is 28.1 Å². The first kappa shape index (κ1) is 26.8. The first-order valence-electron chi connectivity index (χ1n) is 13.2. The largest absolute Gasteiger partial charge is 0.497 e. The Labute approximate surface area is 233 Å². The highest BCUT2D eigenvalue weighted by atomic mass is 32.2. The number of hydrogen-bond acceptors (Lipinski definition) is 8. The molecule has 7 rings (SSSR count). The Morgan fingerprint density at radius 2 is 1.80 bits per heavy atom. The van der Waals surface area contributed by atoms with Crippen molar-refractivity contribution in [3.8, 4) is 5.75 Å². The van der Waals surface area contributed by atoms with Crippen molar-refractivity contribution >= 4 is 48.9 Å². The van der Waals surface area contributed by atoms with Gasteiger partial charge in [-0.3, -0.25) is 14.3 Å². The van der Waals surface area contributed by atoms with Crippen molar-refractivity contribution in [3.05, 3.63) is 48.0 Å². The van der Waals surface area contributed by atoms with E-state index < -0.39 is 37.8 Å². The van der Waals surface area contributed by atoms with Crippen LogP contribution in [0.25, 0.3) is 0 Å². The number of piperidine rings is 1. The summed E-state index contributed by atoms with van der Waals surface area (Å²) in [6.45, 7) is 0.265. The number of ketones is 1. The van der Waals surface area contributed by atoms with Crippen LogP contribution in [0.15, 0.2) is 51.8 Å². The molecule has 3 atom stereocenters. The topological polar surface area (TPSA) is 151 Å². The summed E-state index contributed by atoms with van der Waals surface area (Å²) in [7, 11) is -6.41. The number of benzene rings is 2. The van der Waals surface area contributed by atoms with E-state index in [2.05, 4.69) is 14.4 Å². The number of methoxy groups -OCH3 is 1. The number of amides is 1. The van der Waals surface area contributed by atoms with Gasteiger partial charge in [0.05, 0.1) is 19.1 Å². The lowest BCUT2D eigenvalue weighted by molar-refractivity contribution is -0.162. The monoisotopic (exact) mass is 586 g/mol.